The molecule has 2 rings (SSSR count). The summed E-state index contributed by atoms with van der Waals surface area (Å²) in [5.74, 6) is -1.67. The Balaban J connectivity index is 2.52. The van der Waals surface area contributed by atoms with Gasteiger partial charge in [0.15, 0.2) is 0 Å². The predicted molar refractivity (Wildman–Crippen MR) is 63.0 cm³/mol. The van der Waals surface area contributed by atoms with Crippen molar-refractivity contribution in [3.63, 3.8) is 0 Å². The van der Waals surface area contributed by atoms with Crippen LogP contribution in [0.5, 0.6) is 0 Å². The van der Waals surface area contributed by atoms with Crippen molar-refractivity contribution in [3.05, 3.63) is 40.9 Å². The molecule has 0 saturated heterocycles. The van der Waals surface area contributed by atoms with Gasteiger partial charge in [0.2, 0.25) is 5.76 Å². The van der Waals surface area contributed by atoms with Gasteiger partial charge < -0.3 is 9.63 Å². The number of halogens is 1. The molecule has 0 aliphatic rings. The molecule has 94 valence electrons. The molecule has 1 heterocycles. The van der Waals surface area contributed by atoms with Crippen molar-refractivity contribution in [2.45, 2.75) is 20.3 Å². The quantitative estimate of drug-likeness (QED) is 0.908. The van der Waals surface area contributed by atoms with E-state index in [0.29, 0.717) is 28.8 Å². The van der Waals surface area contributed by atoms with Crippen molar-refractivity contribution in [1.29, 1.82) is 0 Å². The summed E-state index contributed by atoms with van der Waals surface area (Å²) in [6.45, 7) is 3.59. The molecule has 0 aliphatic carbocycles. The largest absolute Gasteiger partial charge is 0.475 e. The summed E-state index contributed by atoms with van der Waals surface area (Å²) in [7, 11) is 0. The van der Waals surface area contributed by atoms with Crippen LogP contribution in [0.2, 0.25) is 0 Å². The van der Waals surface area contributed by atoms with E-state index in [0.717, 1.165) is 0 Å². The van der Waals surface area contributed by atoms with Crippen LogP contribution in [0.1, 0.15) is 28.6 Å². The number of nitrogens with zero attached hydrogens (tertiary/aromatic N) is 1. The van der Waals surface area contributed by atoms with Crippen molar-refractivity contribution in [3.8, 4) is 11.3 Å². The second-order valence-corrected chi connectivity index (χ2v) is 3.99. The molecule has 0 unspecified atom stereocenters. The molecule has 0 radical (unpaired) electrons. The number of carboxylic acid groups (broad SMARTS) is 1. The molecule has 1 N–H and O–H groups in total. The number of rotatable bonds is 3. The van der Waals surface area contributed by atoms with Gasteiger partial charge >= 0.3 is 5.97 Å². The zero-order valence-electron chi connectivity index (χ0n) is 10.0. The van der Waals surface area contributed by atoms with Gasteiger partial charge in [-0.25, -0.2) is 9.18 Å². The lowest BCUT2D eigenvalue weighted by Gasteiger charge is -2.06. The normalized spacial score (nSPS) is 10.6. The Morgan fingerprint density at radius 3 is 2.72 bits per heavy atom. The van der Waals surface area contributed by atoms with Gasteiger partial charge in [-0.05, 0) is 36.6 Å². The highest BCUT2D eigenvalue weighted by atomic mass is 19.1. The molecular formula is C13H12FNO3. The predicted octanol–water partition coefficient (Wildman–Crippen LogP) is 3.05. The fourth-order valence-corrected chi connectivity index (χ4v) is 1.77. The molecule has 0 saturated carbocycles. The van der Waals surface area contributed by atoms with E-state index < -0.39 is 5.97 Å². The van der Waals surface area contributed by atoms with Crippen LogP contribution in [0.3, 0.4) is 0 Å². The number of aromatic carboxylic acids is 1. The molecule has 0 bridgehead atoms. The lowest BCUT2D eigenvalue weighted by molar-refractivity contribution is 0.0652. The highest BCUT2D eigenvalue weighted by Crippen LogP contribution is 2.26. The number of aryl methyl sites for hydroxylation is 2. The zero-order valence-corrected chi connectivity index (χ0v) is 10.0. The Kier molecular flexibility index (Phi) is 3.14. The smallest absolute Gasteiger partial charge is 0.374 e. The lowest BCUT2D eigenvalue weighted by Crippen LogP contribution is -1.93. The molecule has 1 aromatic carbocycles. The SMILES string of the molecule is CCc1cc(-c2cc(C(=O)O)on2)c(C)cc1F. The molecule has 0 atom stereocenters. The Bertz CT molecular complexity index is 604. The number of aromatic nitrogens is 1. The van der Waals surface area contributed by atoms with Crippen LogP contribution in [0.4, 0.5) is 4.39 Å². The second-order valence-electron chi connectivity index (χ2n) is 3.99. The summed E-state index contributed by atoms with van der Waals surface area (Å²) in [6, 6.07) is 4.43. The van der Waals surface area contributed by atoms with Crippen LogP contribution in [0.25, 0.3) is 11.3 Å². The van der Waals surface area contributed by atoms with E-state index in [1.54, 1.807) is 13.0 Å². The van der Waals surface area contributed by atoms with E-state index in [-0.39, 0.29) is 11.6 Å². The molecule has 0 aliphatic heterocycles. The summed E-state index contributed by atoms with van der Waals surface area (Å²) < 4.78 is 18.2. The molecule has 18 heavy (non-hydrogen) atoms. The van der Waals surface area contributed by atoms with Crippen LogP contribution in [-0.2, 0) is 6.42 Å². The Hall–Kier alpha value is -2.17. The van der Waals surface area contributed by atoms with E-state index in [1.807, 2.05) is 6.92 Å². The Labute approximate surface area is 103 Å². The zero-order chi connectivity index (χ0) is 13.3. The molecule has 0 spiro atoms. The van der Waals surface area contributed by atoms with Crippen LogP contribution >= 0.6 is 0 Å². The topological polar surface area (TPSA) is 63.3 Å². The lowest BCUT2D eigenvalue weighted by atomic mass is 10.0. The van der Waals surface area contributed by atoms with Crippen molar-refractivity contribution in [2.24, 2.45) is 0 Å². The van der Waals surface area contributed by atoms with E-state index in [4.69, 9.17) is 9.63 Å². The van der Waals surface area contributed by atoms with Crippen LogP contribution < -0.4 is 0 Å². The van der Waals surface area contributed by atoms with E-state index in [9.17, 15) is 9.18 Å². The van der Waals surface area contributed by atoms with Gasteiger partial charge in [-0.15, -0.1) is 0 Å². The summed E-state index contributed by atoms with van der Waals surface area (Å²) in [5, 5.41) is 12.5. The molecule has 5 heteroatoms. The fourth-order valence-electron chi connectivity index (χ4n) is 1.77. The number of carboxylic acids is 1. The van der Waals surface area contributed by atoms with Gasteiger partial charge in [0.1, 0.15) is 11.5 Å². The van der Waals surface area contributed by atoms with Crippen molar-refractivity contribution in [1.82, 2.24) is 5.16 Å². The molecule has 0 fully saturated rings. The first-order valence-electron chi connectivity index (χ1n) is 5.52. The average Bonchev–Trinajstić information content (AvgIpc) is 2.78. The average molecular weight is 249 g/mol. The fraction of sp³-hybridized carbons (Fsp3) is 0.231. The van der Waals surface area contributed by atoms with E-state index in [2.05, 4.69) is 5.16 Å². The van der Waals surface area contributed by atoms with Crippen LogP contribution in [0, 0.1) is 12.7 Å². The summed E-state index contributed by atoms with van der Waals surface area (Å²) >= 11 is 0. The first kappa shape index (κ1) is 12.3. The third-order valence-corrected chi connectivity index (χ3v) is 2.77. The molecule has 2 aromatic rings. The van der Waals surface area contributed by atoms with Crippen molar-refractivity contribution in [2.75, 3.05) is 0 Å². The standard InChI is InChI=1S/C13H12FNO3/c1-3-8-5-9(7(2)4-10(8)14)11-6-12(13(16)17)18-15-11/h4-6H,3H2,1-2H3,(H,16,17). The van der Waals surface area contributed by atoms with Crippen molar-refractivity contribution < 1.29 is 18.8 Å². The monoisotopic (exact) mass is 249 g/mol. The van der Waals surface area contributed by atoms with Crippen LogP contribution in [0.15, 0.2) is 22.7 Å². The third-order valence-electron chi connectivity index (χ3n) is 2.77. The summed E-state index contributed by atoms with van der Waals surface area (Å²) in [4.78, 5) is 10.7. The number of hydrogen-bond acceptors (Lipinski definition) is 3. The minimum absolute atomic E-state index is 0.230. The highest BCUT2D eigenvalue weighted by Gasteiger charge is 2.15. The summed E-state index contributed by atoms with van der Waals surface area (Å²) in [5.41, 5.74) is 2.34. The van der Waals surface area contributed by atoms with Gasteiger partial charge in [0.05, 0.1) is 0 Å². The highest BCUT2D eigenvalue weighted by molar-refractivity contribution is 5.85. The van der Waals surface area contributed by atoms with Gasteiger partial charge in [0.25, 0.3) is 0 Å². The molecule has 0 amide bonds. The van der Waals surface area contributed by atoms with Crippen LogP contribution in [-0.4, -0.2) is 16.2 Å². The van der Waals surface area contributed by atoms with E-state index in [1.165, 1.54) is 12.1 Å². The molecule has 1 aromatic heterocycles. The Morgan fingerprint density at radius 1 is 1.44 bits per heavy atom. The molecule has 4 nitrogen and oxygen atoms in total. The maximum atomic E-state index is 13.5. The van der Waals surface area contributed by atoms with E-state index >= 15 is 0 Å². The van der Waals surface area contributed by atoms with Gasteiger partial charge in [-0.3, -0.25) is 0 Å². The van der Waals surface area contributed by atoms with Gasteiger partial charge in [0, 0.05) is 11.6 Å². The second kappa shape index (κ2) is 4.60. The van der Waals surface area contributed by atoms with Crippen molar-refractivity contribution >= 4 is 5.97 Å². The maximum absolute atomic E-state index is 13.5. The minimum atomic E-state index is -1.18. The number of carbonyl (C=O) groups is 1. The first-order chi connectivity index (χ1) is 8.52. The summed E-state index contributed by atoms with van der Waals surface area (Å²) in [6.07, 6.45) is 0.558. The minimum Gasteiger partial charge on any atom is -0.475 e. The maximum Gasteiger partial charge on any atom is 0.374 e. The van der Waals surface area contributed by atoms with Gasteiger partial charge in [-0.2, -0.15) is 0 Å². The van der Waals surface area contributed by atoms with Gasteiger partial charge in [-0.1, -0.05) is 12.1 Å². The number of hydrogen-bond donors (Lipinski definition) is 1. The molecular weight excluding hydrogens is 237 g/mol. The number of benzene rings is 1. The third kappa shape index (κ3) is 2.11. The Morgan fingerprint density at radius 2 is 2.17 bits per heavy atom. The first-order valence-corrected chi connectivity index (χ1v) is 5.52.